The van der Waals surface area contributed by atoms with E-state index in [0.29, 0.717) is 0 Å². The van der Waals surface area contributed by atoms with E-state index in [9.17, 15) is 0 Å². The number of rotatable bonds is 0. The summed E-state index contributed by atoms with van der Waals surface area (Å²) in [6.45, 7) is 10.6. The lowest BCUT2D eigenvalue weighted by atomic mass is 10.4. The van der Waals surface area contributed by atoms with Crippen LogP contribution in [0, 0.1) is 0 Å². The van der Waals surface area contributed by atoms with E-state index < -0.39 is 0 Å². The summed E-state index contributed by atoms with van der Waals surface area (Å²) in [7, 11) is 0. The van der Waals surface area contributed by atoms with Crippen LogP contribution >= 0.6 is 116 Å². The molecule has 0 nitrogen and oxygen atoms in total. The summed E-state index contributed by atoms with van der Waals surface area (Å²) in [5.41, 5.74) is 5.95. The Labute approximate surface area is 185 Å². The largest absolute Gasteiger partial charge is 0.136 e. The number of allylic oxidation sites excluding steroid dienone is 1. The minimum atomic E-state index is -0.0988. The van der Waals surface area contributed by atoms with Gasteiger partial charge in [0.1, 0.15) is 13.5 Å². The molecule has 0 atom stereocenters. The first-order valence-corrected chi connectivity index (χ1v) is 8.65. The van der Waals surface area contributed by atoms with Gasteiger partial charge in [-0.15, -0.1) is 6.58 Å². The molecule has 0 aliphatic carbocycles. The summed E-state index contributed by atoms with van der Waals surface area (Å²) < 4.78 is -0.108. The van der Waals surface area contributed by atoms with E-state index in [4.69, 9.17) is 116 Å². The van der Waals surface area contributed by atoms with Crippen LogP contribution in [-0.2, 0) is 0 Å². The molecule has 136 valence electrons. The van der Waals surface area contributed by atoms with Gasteiger partial charge in [-0.25, -0.2) is 0 Å². The smallest absolute Gasteiger partial charge is 0.100 e. The minimum Gasteiger partial charge on any atom is -0.100 e. The number of hydrogen-bond acceptors (Lipinski definition) is 0. The zero-order valence-corrected chi connectivity index (χ0v) is 19.1. The standard InChI is InChI=1S/C4H8.C2Cl4.C2HCl3.C2H2Cl2.C2H3Cl.2H2/c1-4(2)3;3-1(4)2(5)6;3-1-2(4)5;3-1-2-4;1-2-3;;/h1H2,2-3H3;;1H;1-2H;2H,1H2;2*1H/b;;;2-1-;;;. The Morgan fingerprint density at radius 3 is 0.909 bits per heavy atom. The van der Waals surface area contributed by atoms with E-state index in [1.54, 1.807) is 0 Å². The van der Waals surface area contributed by atoms with Crippen molar-refractivity contribution in [2.24, 2.45) is 0 Å². The molecule has 0 saturated heterocycles. The molecule has 0 aliphatic heterocycles. The zero-order chi connectivity index (χ0) is 19.1. The third-order valence-electron chi connectivity index (χ3n) is 0.273. The highest BCUT2D eigenvalue weighted by atomic mass is 35.5. The van der Waals surface area contributed by atoms with Gasteiger partial charge in [0, 0.05) is 19.5 Å². The Morgan fingerprint density at radius 2 is 0.909 bits per heavy atom. The molecule has 22 heavy (non-hydrogen) atoms. The van der Waals surface area contributed by atoms with E-state index in [1.165, 1.54) is 22.2 Å². The van der Waals surface area contributed by atoms with Crippen molar-refractivity contribution in [3.63, 3.8) is 0 Å². The van der Waals surface area contributed by atoms with Crippen LogP contribution in [0.25, 0.3) is 0 Å². The van der Waals surface area contributed by atoms with Gasteiger partial charge in [0.25, 0.3) is 0 Å². The zero-order valence-electron chi connectivity index (χ0n) is 11.5. The molecule has 0 aliphatic rings. The van der Waals surface area contributed by atoms with Crippen LogP contribution in [0.4, 0.5) is 0 Å². The Bertz CT molecular complexity index is 311. The molecule has 0 radical (unpaired) electrons. The lowest BCUT2D eigenvalue weighted by Crippen LogP contribution is -1.47. The van der Waals surface area contributed by atoms with Gasteiger partial charge in [-0.05, 0) is 19.4 Å². The quantitative estimate of drug-likeness (QED) is 0.281. The summed E-state index contributed by atoms with van der Waals surface area (Å²) in [4.78, 5) is 0. The van der Waals surface area contributed by atoms with Crippen molar-refractivity contribution in [2.75, 3.05) is 0 Å². The predicted octanol–water partition coefficient (Wildman–Crippen LogP) is 10.9. The van der Waals surface area contributed by atoms with Crippen LogP contribution in [0.2, 0.25) is 0 Å². The Balaban J connectivity index is -0.0000000300. The van der Waals surface area contributed by atoms with E-state index in [-0.39, 0.29) is 16.3 Å². The molecule has 0 aromatic rings. The topological polar surface area (TPSA) is 0 Å². The van der Waals surface area contributed by atoms with E-state index in [2.05, 4.69) is 13.2 Å². The Morgan fingerprint density at radius 1 is 0.773 bits per heavy atom. The monoisotopic (exact) mass is 512 g/mol. The summed E-state index contributed by atoms with van der Waals surface area (Å²) in [6, 6.07) is 0. The molecule has 10 heteroatoms. The summed E-state index contributed by atoms with van der Waals surface area (Å²) in [5, 5.41) is 0. The fourth-order valence-corrected chi connectivity index (χ4v) is 0. The van der Waals surface area contributed by atoms with Crippen molar-refractivity contribution in [2.45, 2.75) is 13.8 Å². The van der Waals surface area contributed by atoms with Crippen LogP contribution in [0.1, 0.15) is 16.7 Å². The molecule has 0 unspecified atom stereocenters. The molecule has 0 saturated carbocycles. The molecule has 0 aromatic heterocycles. The highest BCUT2D eigenvalue weighted by Crippen LogP contribution is 2.20. The molecular formula is C12H18Cl10. The Hall–Kier alpha value is 1.60. The average molecular weight is 517 g/mol. The fraction of sp³-hybridized carbons (Fsp3) is 0.167. The maximum absolute atomic E-state index is 4.99. The summed E-state index contributed by atoms with van der Waals surface area (Å²) in [6.07, 6.45) is 0. The van der Waals surface area contributed by atoms with Crippen LogP contribution in [0.3, 0.4) is 0 Å². The second-order valence-corrected chi connectivity index (χ2v) is 6.47. The molecule has 0 N–H and O–H groups in total. The molecule has 0 aromatic carbocycles. The third kappa shape index (κ3) is 124. The van der Waals surface area contributed by atoms with E-state index in [1.807, 2.05) is 13.8 Å². The van der Waals surface area contributed by atoms with Gasteiger partial charge in [-0.2, -0.15) is 0 Å². The number of hydrogen-bond donors (Lipinski definition) is 0. The molecule has 0 spiro atoms. The van der Waals surface area contributed by atoms with Crippen molar-refractivity contribution in [1.29, 1.82) is 0 Å². The normalized spacial score (nSPS) is 7.27. The van der Waals surface area contributed by atoms with Gasteiger partial charge >= 0.3 is 0 Å². The van der Waals surface area contributed by atoms with Crippen molar-refractivity contribution in [3.05, 3.63) is 54.3 Å². The van der Waals surface area contributed by atoms with Gasteiger partial charge in [0.2, 0.25) is 0 Å². The molecule has 0 heterocycles. The molecule has 0 rings (SSSR count). The van der Waals surface area contributed by atoms with Crippen LogP contribution in [0.15, 0.2) is 54.3 Å². The minimum absolute atomic E-state index is 0. The van der Waals surface area contributed by atoms with Crippen molar-refractivity contribution in [1.82, 2.24) is 0 Å². The molecule has 0 amide bonds. The summed E-state index contributed by atoms with van der Waals surface area (Å²) in [5.74, 6) is 0. The van der Waals surface area contributed by atoms with Gasteiger partial charge in [0.05, 0.1) is 0 Å². The van der Waals surface area contributed by atoms with E-state index in [0.717, 1.165) is 5.54 Å². The van der Waals surface area contributed by atoms with Gasteiger partial charge in [-0.3, -0.25) is 0 Å². The van der Waals surface area contributed by atoms with Crippen LogP contribution in [0.5, 0.6) is 0 Å². The second kappa shape index (κ2) is 34.0. The van der Waals surface area contributed by atoms with E-state index >= 15 is 0 Å². The highest BCUT2D eigenvalue weighted by Gasteiger charge is 1.88. The van der Waals surface area contributed by atoms with Crippen molar-refractivity contribution < 1.29 is 2.85 Å². The maximum atomic E-state index is 4.99. The highest BCUT2D eigenvalue weighted by molar-refractivity contribution is 6.67. The first kappa shape index (κ1) is 34.8. The third-order valence-corrected chi connectivity index (χ3v) is 2.46. The first-order valence-electron chi connectivity index (χ1n) is 4.64. The van der Waals surface area contributed by atoms with Crippen LogP contribution in [-0.4, -0.2) is 0 Å². The maximum Gasteiger partial charge on any atom is 0.136 e. The van der Waals surface area contributed by atoms with Gasteiger partial charge < -0.3 is 0 Å². The summed E-state index contributed by atoms with van der Waals surface area (Å²) >= 11 is 49.3. The Kier molecular flexibility index (Phi) is 53.9. The average Bonchev–Trinajstić information content (AvgIpc) is 2.39. The molecule has 0 bridgehead atoms. The van der Waals surface area contributed by atoms with Gasteiger partial charge in [-0.1, -0.05) is 128 Å². The van der Waals surface area contributed by atoms with Crippen LogP contribution < -0.4 is 0 Å². The van der Waals surface area contributed by atoms with Gasteiger partial charge in [0.15, 0.2) is 0 Å². The first-order chi connectivity index (χ1) is 9.97. The van der Waals surface area contributed by atoms with Crippen molar-refractivity contribution >= 4 is 116 Å². The van der Waals surface area contributed by atoms with Crippen molar-refractivity contribution in [3.8, 4) is 0 Å². The molecule has 0 fully saturated rings. The lowest BCUT2D eigenvalue weighted by molar-refractivity contribution is 1.42. The second-order valence-electron chi connectivity index (χ2n) is 2.53. The SMILES string of the molecule is C=C(C)C.C=CCl.Cl/C=C\Cl.ClC(Cl)=C(Cl)Cl.ClC=C(Cl)Cl.[HH].[HH]. The lowest BCUT2D eigenvalue weighted by Gasteiger charge is -1.75. The molecular weight excluding hydrogens is 499 g/mol. The number of halogens is 10. The predicted molar refractivity (Wildman–Crippen MR) is 118 cm³/mol. The fourth-order valence-electron chi connectivity index (χ4n) is 0.